The number of thiophene rings is 1. The van der Waals surface area contributed by atoms with Gasteiger partial charge in [0.1, 0.15) is 0 Å². The Hall–Kier alpha value is -4.05. The second kappa shape index (κ2) is 10.1. The molecule has 2 aromatic carbocycles. The van der Waals surface area contributed by atoms with Gasteiger partial charge >= 0.3 is 5.97 Å². The molecule has 9 nitrogen and oxygen atoms in total. The Labute approximate surface area is 181 Å². The fourth-order valence-corrected chi connectivity index (χ4v) is 3.22. The summed E-state index contributed by atoms with van der Waals surface area (Å²) in [7, 11) is 1.42. The van der Waals surface area contributed by atoms with Crippen LogP contribution in [-0.2, 0) is 11.2 Å². The lowest BCUT2D eigenvalue weighted by Gasteiger charge is -2.10. The van der Waals surface area contributed by atoms with Crippen molar-refractivity contribution in [2.24, 2.45) is 5.10 Å². The summed E-state index contributed by atoms with van der Waals surface area (Å²) in [6.45, 7) is 0. The van der Waals surface area contributed by atoms with E-state index >= 15 is 0 Å². The van der Waals surface area contributed by atoms with E-state index in [-0.39, 0.29) is 35.1 Å². The number of nitro groups is 1. The third-order valence-corrected chi connectivity index (χ3v) is 4.90. The van der Waals surface area contributed by atoms with Crippen LogP contribution in [0, 0.1) is 10.1 Å². The number of carbonyl (C=O) groups is 2. The highest BCUT2D eigenvalue weighted by molar-refractivity contribution is 7.10. The van der Waals surface area contributed by atoms with Crippen LogP contribution in [0.1, 0.15) is 20.8 Å². The second-order valence-corrected chi connectivity index (χ2v) is 7.19. The van der Waals surface area contributed by atoms with Gasteiger partial charge in [0.2, 0.25) is 5.91 Å². The average molecular weight is 439 g/mol. The van der Waals surface area contributed by atoms with E-state index in [1.807, 2.05) is 17.5 Å². The van der Waals surface area contributed by atoms with Gasteiger partial charge in [-0.2, -0.15) is 5.10 Å². The molecule has 3 rings (SSSR count). The number of hydrogen-bond acceptors (Lipinski definition) is 8. The van der Waals surface area contributed by atoms with E-state index in [1.165, 1.54) is 55.0 Å². The first kappa shape index (κ1) is 21.7. The number of methoxy groups -OCH3 is 1. The van der Waals surface area contributed by atoms with Gasteiger partial charge in [0.05, 0.1) is 30.2 Å². The highest BCUT2D eigenvalue weighted by Crippen LogP contribution is 2.28. The minimum atomic E-state index is -0.685. The molecule has 1 heterocycles. The number of hydrazone groups is 1. The Morgan fingerprint density at radius 1 is 1.16 bits per heavy atom. The molecule has 158 valence electrons. The predicted molar refractivity (Wildman–Crippen MR) is 115 cm³/mol. The van der Waals surface area contributed by atoms with Crippen LogP contribution < -0.4 is 14.9 Å². The third kappa shape index (κ3) is 5.97. The Morgan fingerprint density at radius 3 is 2.58 bits per heavy atom. The van der Waals surface area contributed by atoms with Crippen LogP contribution in [0.5, 0.6) is 11.5 Å². The molecular weight excluding hydrogens is 422 g/mol. The van der Waals surface area contributed by atoms with Gasteiger partial charge in [0.25, 0.3) is 5.69 Å². The molecule has 0 aliphatic carbocycles. The zero-order chi connectivity index (χ0) is 22.2. The van der Waals surface area contributed by atoms with Crippen molar-refractivity contribution in [1.29, 1.82) is 0 Å². The quantitative estimate of drug-likeness (QED) is 0.188. The van der Waals surface area contributed by atoms with Crippen molar-refractivity contribution in [3.8, 4) is 11.5 Å². The maximum atomic E-state index is 12.3. The number of nitro benzene ring substituents is 1. The molecule has 0 saturated carbocycles. The van der Waals surface area contributed by atoms with Crippen LogP contribution in [0.15, 0.2) is 65.1 Å². The molecule has 1 amide bonds. The van der Waals surface area contributed by atoms with Gasteiger partial charge in [0, 0.05) is 17.0 Å². The minimum absolute atomic E-state index is 0.125. The van der Waals surface area contributed by atoms with Crippen LogP contribution in [-0.4, -0.2) is 30.1 Å². The van der Waals surface area contributed by atoms with E-state index in [9.17, 15) is 19.7 Å². The zero-order valence-electron chi connectivity index (χ0n) is 16.3. The van der Waals surface area contributed by atoms with E-state index in [4.69, 9.17) is 9.47 Å². The van der Waals surface area contributed by atoms with Gasteiger partial charge in [-0.25, -0.2) is 10.2 Å². The van der Waals surface area contributed by atoms with Crippen molar-refractivity contribution in [2.45, 2.75) is 6.42 Å². The molecule has 1 aromatic heterocycles. The van der Waals surface area contributed by atoms with E-state index in [1.54, 1.807) is 12.1 Å². The zero-order valence-corrected chi connectivity index (χ0v) is 17.1. The Bertz CT molecular complexity index is 1110. The molecule has 0 bridgehead atoms. The van der Waals surface area contributed by atoms with Crippen LogP contribution in [0.3, 0.4) is 0 Å². The van der Waals surface area contributed by atoms with E-state index in [2.05, 4.69) is 10.5 Å². The Kier molecular flexibility index (Phi) is 7.07. The minimum Gasteiger partial charge on any atom is -0.493 e. The first-order valence-electron chi connectivity index (χ1n) is 8.95. The first-order valence-corrected chi connectivity index (χ1v) is 9.83. The number of rotatable bonds is 8. The molecule has 1 N–H and O–H groups in total. The smallest absolute Gasteiger partial charge is 0.343 e. The maximum Gasteiger partial charge on any atom is 0.343 e. The number of carbonyl (C=O) groups excluding carboxylic acids is 2. The lowest BCUT2D eigenvalue weighted by molar-refractivity contribution is -0.384. The summed E-state index contributed by atoms with van der Waals surface area (Å²) in [6, 6.07) is 13.6. The number of amides is 1. The molecule has 0 atom stereocenters. The summed E-state index contributed by atoms with van der Waals surface area (Å²) >= 11 is 1.49. The topological polar surface area (TPSA) is 120 Å². The molecule has 0 radical (unpaired) electrons. The molecule has 0 aliphatic rings. The van der Waals surface area contributed by atoms with E-state index < -0.39 is 10.9 Å². The van der Waals surface area contributed by atoms with Crippen molar-refractivity contribution < 1.29 is 24.0 Å². The fourth-order valence-electron chi connectivity index (χ4n) is 2.52. The first-order chi connectivity index (χ1) is 15.0. The Morgan fingerprint density at radius 2 is 1.94 bits per heavy atom. The fraction of sp³-hybridized carbons (Fsp3) is 0.0952. The van der Waals surface area contributed by atoms with Crippen LogP contribution in [0.4, 0.5) is 5.69 Å². The van der Waals surface area contributed by atoms with Gasteiger partial charge in [0.15, 0.2) is 11.5 Å². The average Bonchev–Trinajstić information content (AvgIpc) is 3.27. The molecule has 10 heteroatoms. The van der Waals surface area contributed by atoms with Gasteiger partial charge in [-0.05, 0) is 47.3 Å². The summed E-state index contributed by atoms with van der Waals surface area (Å²) in [4.78, 5) is 35.3. The van der Waals surface area contributed by atoms with Crippen LogP contribution >= 0.6 is 11.3 Å². The van der Waals surface area contributed by atoms with E-state index in [0.717, 1.165) is 4.88 Å². The molecular formula is C21H17N3O6S. The van der Waals surface area contributed by atoms with E-state index in [0.29, 0.717) is 5.56 Å². The third-order valence-electron chi connectivity index (χ3n) is 4.02. The molecule has 31 heavy (non-hydrogen) atoms. The monoisotopic (exact) mass is 439 g/mol. The lowest BCUT2D eigenvalue weighted by atomic mass is 10.2. The van der Waals surface area contributed by atoms with Crippen LogP contribution in [0.25, 0.3) is 0 Å². The molecule has 0 saturated heterocycles. The summed E-state index contributed by atoms with van der Waals surface area (Å²) in [5.74, 6) is -0.469. The number of nitrogens with zero attached hydrogens (tertiary/aromatic N) is 2. The predicted octanol–water partition coefficient (Wildman–Crippen LogP) is 3.58. The van der Waals surface area contributed by atoms with Crippen molar-refractivity contribution in [3.63, 3.8) is 0 Å². The number of nitrogens with one attached hydrogen (secondary N) is 1. The molecule has 3 aromatic rings. The number of ether oxygens (including phenoxy) is 2. The molecule has 0 aliphatic heterocycles. The summed E-state index contributed by atoms with van der Waals surface area (Å²) in [5, 5.41) is 16.5. The van der Waals surface area contributed by atoms with Gasteiger partial charge in [-0.3, -0.25) is 14.9 Å². The lowest BCUT2D eigenvalue weighted by Crippen LogP contribution is -2.19. The second-order valence-electron chi connectivity index (χ2n) is 6.15. The number of esters is 1. The highest BCUT2D eigenvalue weighted by Gasteiger charge is 2.14. The van der Waals surface area contributed by atoms with Crippen LogP contribution in [0.2, 0.25) is 0 Å². The van der Waals surface area contributed by atoms with Gasteiger partial charge < -0.3 is 9.47 Å². The maximum absolute atomic E-state index is 12.3. The molecule has 0 unspecified atom stereocenters. The standard InChI is InChI=1S/C21H17N3O6S/c1-29-19-11-14(13-22-23-20(25)12-17-3-2-10-31-17)4-9-18(19)30-21(26)15-5-7-16(8-6-15)24(27)28/h2-11,13H,12H2,1H3,(H,23,25)/b22-13+. The Balaban J connectivity index is 1.63. The summed E-state index contributed by atoms with van der Waals surface area (Å²) in [5.41, 5.74) is 3.10. The number of benzene rings is 2. The van der Waals surface area contributed by atoms with Gasteiger partial charge in [-0.15, -0.1) is 11.3 Å². The molecule has 0 spiro atoms. The summed E-state index contributed by atoms with van der Waals surface area (Å²) < 4.78 is 10.6. The van der Waals surface area contributed by atoms with Gasteiger partial charge in [-0.1, -0.05) is 6.07 Å². The number of non-ortho nitro benzene ring substituents is 1. The van der Waals surface area contributed by atoms with Crippen molar-refractivity contribution >= 4 is 35.1 Å². The molecule has 0 fully saturated rings. The van der Waals surface area contributed by atoms with Crippen molar-refractivity contribution in [3.05, 3.63) is 86.1 Å². The highest BCUT2D eigenvalue weighted by atomic mass is 32.1. The van der Waals surface area contributed by atoms with Crippen molar-refractivity contribution in [2.75, 3.05) is 7.11 Å². The normalized spacial score (nSPS) is 10.6. The largest absolute Gasteiger partial charge is 0.493 e. The SMILES string of the molecule is COc1cc(/C=N/NC(=O)Cc2cccs2)ccc1OC(=O)c1ccc([N+](=O)[O-])cc1. The number of hydrogen-bond donors (Lipinski definition) is 1. The van der Waals surface area contributed by atoms with Crippen molar-refractivity contribution in [1.82, 2.24) is 5.43 Å². The summed E-state index contributed by atoms with van der Waals surface area (Å²) in [6.07, 6.45) is 1.69.